The van der Waals surface area contributed by atoms with Crippen molar-refractivity contribution in [3.63, 3.8) is 0 Å². The second-order valence-electron chi connectivity index (χ2n) is 5.90. The summed E-state index contributed by atoms with van der Waals surface area (Å²) < 4.78 is 5.27. The number of hydrogen-bond donors (Lipinski definition) is 0. The molecule has 2 aliphatic carbocycles. The Balaban J connectivity index is 1.85. The molecule has 110 valence electrons. The molecule has 22 heavy (non-hydrogen) atoms. The van der Waals surface area contributed by atoms with Crippen LogP contribution in [0, 0.1) is 11.8 Å². The topological polar surface area (TPSA) is 9.23 Å². The summed E-state index contributed by atoms with van der Waals surface area (Å²) in [5.41, 5.74) is 5.40. The highest BCUT2D eigenvalue weighted by Crippen LogP contribution is 2.52. The van der Waals surface area contributed by atoms with E-state index in [2.05, 4.69) is 36.4 Å². The molecule has 2 aliphatic rings. The van der Waals surface area contributed by atoms with Crippen molar-refractivity contribution in [2.45, 2.75) is 6.42 Å². The molecule has 0 fully saturated rings. The number of ether oxygens (including phenoxy) is 1. The molecule has 0 amide bonds. The van der Waals surface area contributed by atoms with Gasteiger partial charge < -0.3 is 4.74 Å². The first-order valence-corrected chi connectivity index (χ1v) is 7.97. The van der Waals surface area contributed by atoms with Crippen LogP contribution in [0.2, 0.25) is 5.02 Å². The number of fused-ring (bicyclic) bond motifs is 2. The number of allylic oxidation sites excluding steroid dienone is 4. The van der Waals surface area contributed by atoms with E-state index in [1.54, 1.807) is 7.11 Å². The fourth-order valence-electron chi connectivity index (χ4n) is 3.69. The van der Waals surface area contributed by atoms with Crippen molar-refractivity contribution in [1.82, 2.24) is 0 Å². The smallest absolute Gasteiger partial charge is 0.118 e. The molecule has 2 bridgehead atoms. The lowest BCUT2D eigenvalue weighted by Gasteiger charge is -2.18. The van der Waals surface area contributed by atoms with E-state index in [0.29, 0.717) is 11.8 Å². The van der Waals surface area contributed by atoms with Gasteiger partial charge in [0.05, 0.1) is 7.11 Å². The van der Waals surface area contributed by atoms with E-state index >= 15 is 0 Å². The van der Waals surface area contributed by atoms with Crippen LogP contribution in [0.1, 0.15) is 17.5 Å². The van der Waals surface area contributed by atoms with E-state index < -0.39 is 0 Å². The maximum absolute atomic E-state index is 6.20. The van der Waals surface area contributed by atoms with Crippen LogP contribution in [-0.2, 0) is 0 Å². The third-order valence-electron chi connectivity index (χ3n) is 4.65. The number of hydrogen-bond acceptors (Lipinski definition) is 1. The largest absolute Gasteiger partial charge is 0.497 e. The van der Waals surface area contributed by atoms with Gasteiger partial charge in [-0.05, 0) is 53.0 Å². The van der Waals surface area contributed by atoms with Crippen LogP contribution in [0.15, 0.2) is 60.7 Å². The number of halogens is 1. The third kappa shape index (κ3) is 2.17. The van der Waals surface area contributed by atoms with Crippen molar-refractivity contribution < 1.29 is 4.74 Å². The first kappa shape index (κ1) is 13.7. The van der Waals surface area contributed by atoms with Gasteiger partial charge in [0, 0.05) is 16.9 Å². The van der Waals surface area contributed by atoms with Crippen LogP contribution in [0.3, 0.4) is 0 Å². The molecule has 2 aromatic carbocycles. The molecule has 1 nitrogen and oxygen atoms in total. The Labute approximate surface area is 135 Å². The van der Waals surface area contributed by atoms with Crippen LogP contribution >= 0.6 is 11.6 Å². The molecule has 2 aromatic rings. The van der Waals surface area contributed by atoms with E-state index in [-0.39, 0.29) is 0 Å². The monoisotopic (exact) mass is 308 g/mol. The van der Waals surface area contributed by atoms with Crippen molar-refractivity contribution in [3.8, 4) is 5.75 Å². The van der Waals surface area contributed by atoms with Crippen LogP contribution in [-0.4, -0.2) is 7.11 Å². The lowest BCUT2D eigenvalue weighted by molar-refractivity contribution is 0.415. The standard InChI is InChI=1S/C20H17ClO/c1-22-18-9-7-13(8-10-18)19-15-5-6-16(11-15)20(19)14-3-2-4-17(21)12-14/h2-10,12,15-16H,11H2,1H3/t15-,16+/m1/s1. The summed E-state index contributed by atoms with van der Waals surface area (Å²) in [6.07, 6.45) is 5.87. The summed E-state index contributed by atoms with van der Waals surface area (Å²) in [6.45, 7) is 0. The molecule has 0 aromatic heterocycles. The lowest BCUT2D eigenvalue weighted by Crippen LogP contribution is -1.98. The normalized spacial score (nSPS) is 22.5. The first-order valence-electron chi connectivity index (χ1n) is 7.59. The van der Waals surface area contributed by atoms with Gasteiger partial charge in [-0.25, -0.2) is 0 Å². The number of methoxy groups -OCH3 is 1. The molecular weight excluding hydrogens is 292 g/mol. The minimum absolute atomic E-state index is 0.514. The first-order chi connectivity index (χ1) is 10.8. The van der Waals surface area contributed by atoms with E-state index in [9.17, 15) is 0 Å². The molecule has 0 heterocycles. The average molecular weight is 309 g/mol. The quantitative estimate of drug-likeness (QED) is 0.684. The zero-order valence-corrected chi connectivity index (χ0v) is 13.2. The summed E-state index contributed by atoms with van der Waals surface area (Å²) in [6, 6.07) is 16.6. The highest BCUT2D eigenvalue weighted by Gasteiger charge is 2.36. The fourth-order valence-corrected chi connectivity index (χ4v) is 3.88. The Morgan fingerprint density at radius 2 is 1.59 bits per heavy atom. The molecule has 0 aliphatic heterocycles. The molecule has 0 spiro atoms. The van der Waals surface area contributed by atoms with Crippen molar-refractivity contribution in [1.29, 1.82) is 0 Å². The molecule has 4 rings (SSSR count). The van der Waals surface area contributed by atoms with Gasteiger partial charge in [-0.1, -0.05) is 48.0 Å². The van der Waals surface area contributed by atoms with Crippen LogP contribution in [0.5, 0.6) is 5.75 Å². The predicted octanol–water partition coefficient (Wildman–Crippen LogP) is 5.47. The second kappa shape index (κ2) is 5.33. The van der Waals surface area contributed by atoms with E-state index in [1.807, 2.05) is 24.3 Å². The summed E-state index contributed by atoms with van der Waals surface area (Å²) in [5, 5.41) is 0.797. The minimum atomic E-state index is 0.514. The Morgan fingerprint density at radius 1 is 0.909 bits per heavy atom. The highest BCUT2D eigenvalue weighted by molar-refractivity contribution is 6.30. The molecule has 0 saturated heterocycles. The van der Waals surface area contributed by atoms with Gasteiger partial charge in [-0.15, -0.1) is 0 Å². The average Bonchev–Trinajstić information content (AvgIpc) is 3.16. The van der Waals surface area contributed by atoms with Crippen molar-refractivity contribution in [2.24, 2.45) is 11.8 Å². The lowest BCUT2D eigenvalue weighted by atomic mass is 9.87. The zero-order valence-electron chi connectivity index (χ0n) is 12.4. The van der Waals surface area contributed by atoms with Gasteiger partial charge >= 0.3 is 0 Å². The molecule has 0 N–H and O–H groups in total. The van der Waals surface area contributed by atoms with Gasteiger partial charge in [0.1, 0.15) is 5.75 Å². The van der Waals surface area contributed by atoms with Gasteiger partial charge in [0.25, 0.3) is 0 Å². The predicted molar refractivity (Wildman–Crippen MR) is 92.0 cm³/mol. The molecule has 2 heteroatoms. The van der Waals surface area contributed by atoms with Gasteiger partial charge in [-0.3, -0.25) is 0 Å². The van der Waals surface area contributed by atoms with Gasteiger partial charge in [-0.2, -0.15) is 0 Å². The van der Waals surface area contributed by atoms with Crippen LogP contribution in [0.25, 0.3) is 11.1 Å². The number of rotatable bonds is 3. The summed E-state index contributed by atoms with van der Waals surface area (Å²) >= 11 is 6.20. The molecule has 0 unspecified atom stereocenters. The third-order valence-corrected chi connectivity index (χ3v) is 4.89. The molecule has 2 atom stereocenters. The van der Waals surface area contributed by atoms with E-state index in [0.717, 1.165) is 10.8 Å². The van der Waals surface area contributed by atoms with Crippen molar-refractivity contribution in [3.05, 3.63) is 76.8 Å². The number of benzene rings is 2. The molecular formula is C20H17ClO. The maximum Gasteiger partial charge on any atom is 0.118 e. The Kier molecular flexibility index (Phi) is 3.31. The van der Waals surface area contributed by atoms with Crippen LogP contribution < -0.4 is 4.74 Å². The molecule has 0 radical (unpaired) electrons. The summed E-state index contributed by atoms with van der Waals surface area (Å²) in [4.78, 5) is 0. The SMILES string of the molecule is COc1ccc(C2=C(c3cccc(Cl)c3)[C@H]3C=C[C@@H]2C3)cc1. The maximum atomic E-state index is 6.20. The van der Waals surface area contributed by atoms with E-state index in [4.69, 9.17) is 16.3 Å². The Bertz CT molecular complexity index is 771. The Morgan fingerprint density at radius 3 is 2.23 bits per heavy atom. The summed E-state index contributed by atoms with van der Waals surface area (Å²) in [7, 11) is 1.70. The van der Waals surface area contributed by atoms with Crippen molar-refractivity contribution >= 4 is 22.7 Å². The van der Waals surface area contributed by atoms with Gasteiger partial charge in [0.15, 0.2) is 0 Å². The highest BCUT2D eigenvalue weighted by atomic mass is 35.5. The fraction of sp³-hybridized carbons (Fsp3) is 0.200. The van der Waals surface area contributed by atoms with Crippen LogP contribution in [0.4, 0.5) is 0 Å². The zero-order chi connectivity index (χ0) is 15.1. The molecule has 0 saturated carbocycles. The van der Waals surface area contributed by atoms with Gasteiger partial charge in [0.2, 0.25) is 0 Å². The van der Waals surface area contributed by atoms with E-state index in [1.165, 1.54) is 28.7 Å². The summed E-state index contributed by atoms with van der Waals surface area (Å²) in [5.74, 6) is 1.93. The second-order valence-corrected chi connectivity index (χ2v) is 6.34. The minimum Gasteiger partial charge on any atom is -0.497 e. The van der Waals surface area contributed by atoms with Crippen molar-refractivity contribution in [2.75, 3.05) is 7.11 Å². The Hall–Kier alpha value is -1.99.